The van der Waals surface area contributed by atoms with Gasteiger partial charge in [-0.3, -0.25) is 0 Å². The van der Waals surface area contributed by atoms with E-state index in [4.69, 9.17) is 0 Å². The minimum absolute atomic E-state index is 0.350. The van der Waals surface area contributed by atoms with Crippen LogP contribution in [0.5, 0.6) is 0 Å². The summed E-state index contributed by atoms with van der Waals surface area (Å²) < 4.78 is 0. The average molecular weight is 589 g/mol. The van der Waals surface area contributed by atoms with E-state index in [-0.39, 0.29) is 0 Å². The predicted molar refractivity (Wildman–Crippen MR) is 199 cm³/mol. The average Bonchev–Trinajstić information content (AvgIpc) is 2.81. The van der Waals surface area contributed by atoms with Gasteiger partial charge in [-0.25, -0.2) is 0 Å². The molecule has 0 aromatic carbocycles. The largest absolute Gasteiger partial charge is 0.103 e. The highest BCUT2D eigenvalue weighted by Gasteiger charge is 2.31. The Hall–Kier alpha value is -0.780. The lowest BCUT2D eigenvalue weighted by Gasteiger charge is -2.38. The lowest BCUT2D eigenvalue weighted by molar-refractivity contribution is 0.173. The van der Waals surface area contributed by atoms with E-state index in [9.17, 15) is 0 Å². The fourth-order valence-electron chi connectivity index (χ4n) is 5.76. The molecule has 252 valence electrons. The summed E-state index contributed by atoms with van der Waals surface area (Å²) in [6.07, 6.45) is 19.5. The van der Waals surface area contributed by atoms with E-state index in [1.165, 1.54) is 38.5 Å². The van der Waals surface area contributed by atoms with Crippen molar-refractivity contribution in [2.24, 2.45) is 70.5 Å². The fraction of sp³-hybridized carbons (Fsp3) is 0.857. The molecule has 0 fully saturated rings. The molecule has 0 aromatic heterocycles. The van der Waals surface area contributed by atoms with Crippen LogP contribution in [0.15, 0.2) is 37.0 Å². The zero-order valence-corrected chi connectivity index (χ0v) is 32.7. The molecule has 0 rings (SSSR count). The lowest BCUT2D eigenvalue weighted by atomic mass is 9.67. The van der Waals surface area contributed by atoms with Crippen LogP contribution >= 0.6 is 0 Å². The minimum Gasteiger partial charge on any atom is -0.103 e. The highest BCUT2D eigenvalue weighted by atomic mass is 14.4. The molecule has 0 spiro atoms. The van der Waals surface area contributed by atoms with Gasteiger partial charge in [0.15, 0.2) is 0 Å². The van der Waals surface area contributed by atoms with Crippen molar-refractivity contribution >= 4 is 0 Å². The maximum absolute atomic E-state index is 4.06. The second-order valence-corrected chi connectivity index (χ2v) is 17.0. The number of hydrogen-bond acceptors (Lipinski definition) is 0. The van der Waals surface area contributed by atoms with E-state index in [1.54, 1.807) is 0 Å². The summed E-state index contributed by atoms with van der Waals surface area (Å²) in [4.78, 5) is 0. The van der Waals surface area contributed by atoms with Crippen molar-refractivity contribution in [2.75, 3.05) is 0 Å². The molecular formula is C42H84. The first-order valence-corrected chi connectivity index (χ1v) is 18.2. The third kappa shape index (κ3) is 26.8. The van der Waals surface area contributed by atoms with Gasteiger partial charge >= 0.3 is 0 Å². The Morgan fingerprint density at radius 1 is 0.452 bits per heavy atom. The normalized spacial score (nSPS) is 14.3. The molecule has 0 aliphatic rings. The molecule has 0 radical (unpaired) electrons. The van der Waals surface area contributed by atoms with E-state index >= 15 is 0 Å². The van der Waals surface area contributed by atoms with E-state index in [0.717, 1.165) is 59.2 Å². The van der Waals surface area contributed by atoms with Gasteiger partial charge in [0.05, 0.1) is 0 Å². The Kier molecular flexibility index (Phi) is 27.8. The molecular weight excluding hydrogens is 504 g/mol. The van der Waals surface area contributed by atoms with Crippen molar-refractivity contribution in [3.8, 4) is 0 Å². The van der Waals surface area contributed by atoms with E-state index in [1.807, 2.05) is 0 Å². The van der Waals surface area contributed by atoms with E-state index in [2.05, 4.69) is 162 Å². The summed E-state index contributed by atoms with van der Waals surface area (Å²) in [6.45, 7) is 45.6. The first kappa shape index (κ1) is 45.6. The van der Waals surface area contributed by atoms with Gasteiger partial charge in [-0.15, -0.1) is 6.58 Å². The molecule has 42 heavy (non-hydrogen) atoms. The molecule has 0 heterocycles. The lowest BCUT2D eigenvalue weighted by Crippen LogP contribution is -2.28. The van der Waals surface area contributed by atoms with Gasteiger partial charge in [0.25, 0.3) is 0 Å². The summed E-state index contributed by atoms with van der Waals surface area (Å²) in [5.74, 6) is 8.52. The number of allylic oxidation sites excluding steroid dienone is 5. The molecule has 0 aliphatic carbocycles. The van der Waals surface area contributed by atoms with Crippen LogP contribution in [0.25, 0.3) is 0 Å². The van der Waals surface area contributed by atoms with Crippen LogP contribution in [0.2, 0.25) is 0 Å². The predicted octanol–water partition coefficient (Wildman–Crippen LogP) is 14.7. The summed E-state index contributed by atoms with van der Waals surface area (Å²) in [5.41, 5.74) is 0.350. The van der Waals surface area contributed by atoms with Crippen LogP contribution in [-0.2, 0) is 0 Å². The Bertz CT molecular complexity index is 602. The van der Waals surface area contributed by atoms with Crippen LogP contribution in [0.3, 0.4) is 0 Å². The Morgan fingerprint density at radius 2 is 0.762 bits per heavy atom. The molecule has 0 aromatic rings. The van der Waals surface area contributed by atoms with Crippen molar-refractivity contribution in [1.82, 2.24) is 0 Å². The van der Waals surface area contributed by atoms with Gasteiger partial charge in [0, 0.05) is 0 Å². The topological polar surface area (TPSA) is 0 Å². The molecule has 2 atom stereocenters. The van der Waals surface area contributed by atoms with Gasteiger partial charge in [0.1, 0.15) is 0 Å². The van der Waals surface area contributed by atoms with Crippen LogP contribution in [0.4, 0.5) is 0 Å². The van der Waals surface area contributed by atoms with Crippen molar-refractivity contribution in [2.45, 2.75) is 163 Å². The van der Waals surface area contributed by atoms with Crippen molar-refractivity contribution < 1.29 is 0 Å². The highest BCUT2D eigenvalue weighted by molar-refractivity contribution is 4.98. The molecule has 0 bridgehead atoms. The van der Waals surface area contributed by atoms with Crippen LogP contribution < -0.4 is 0 Å². The molecule has 0 amide bonds. The van der Waals surface area contributed by atoms with Crippen LogP contribution in [0.1, 0.15) is 163 Å². The standard InChI is InChI=1S/3C14H28/c2*1-11(2)8-7-9-14(13(5)6)10-12(3)4;1-8-14(13(6)7,9-11(2)3)10-12(4)5/h2*7,9,11-14H,8,10H2,1-6H3;8,11-13H,1,9-10H2,2-7H3/b9-7+;9-7-;. The fourth-order valence-corrected chi connectivity index (χ4v) is 5.76. The quantitative estimate of drug-likeness (QED) is 0.140. The maximum atomic E-state index is 4.06. The molecule has 0 nitrogen and oxygen atoms in total. The first-order chi connectivity index (χ1) is 19.2. The Balaban J connectivity index is -0.000000543. The van der Waals surface area contributed by atoms with Crippen LogP contribution in [-0.4, -0.2) is 0 Å². The summed E-state index contributed by atoms with van der Waals surface area (Å²) in [6, 6.07) is 0. The molecule has 0 saturated heterocycles. The summed E-state index contributed by atoms with van der Waals surface area (Å²) >= 11 is 0. The monoisotopic (exact) mass is 589 g/mol. The van der Waals surface area contributed by atoms with Gasteiger partial charge in [-0.1, -0.05) is 155 Å². The Labute approximate surface area is 270 Å². The SMILES string of the molecule is C=CC(CC(C)C)(CC(C)C)C(C)C.CC(C)C/C=C/C(CC(C)C)C(C)C.CC(C)C/C=C\C(CC(C)C)C(C)C. The van der Waals surface area contributed by atoms with Gasteiger partial charge < -0.3 is 0 Å². The maximum Gasteiger partial charge on any atom is -0.00931 e. The van der Waals surface area contributed by atoms with E-state index < -0.39 is 0 Å². The summed E-state index contributed by atoms with van der Waals surface area (Å²) in [5, 5.41) is 0. The van der Waals surface area contributed by atoms with Gasteiger partial charge in [-0.05, 0) is 109 Å². The molecule has 0 N–H and O–H groups in total. The second-order valence-electron chi connectivity index (χ2n) is 17.0. The van der Waals surface area contributed by atoms with Gasteiger partial charge in [0.2, 0.25) is 0 Å². The molecule has 0 heteroatoms. The molecule has 0 saturated carbocycles. The van der Waals surface area contributed by atoms with E-state index in [0.29, 0.717) is 11.3 Å². The van der Waals surface area contributed by atoms with Crippen LogP contribution in [0, 0.1) is 70.5 Å². The highest BCUT2D eigenvalue weighted by Crippen LogP contribution is 2.41. The zero-order valence-electron chi connectivity index (χ0n) is 32.7. The Morgan fingerprint density at radius 3 is 0.929 bits per heavy atom. The van der Waals surface area contributed by atoms with Gasteiger partial charge in [-0.2, -0.15) is 0 Å². The van der Waals surface area contributed by atoms with Crippen molar-refractivity contribution in [3.05, 3.63) is 37.0 Å². The van der Waals surface area contributed by atoms with Crippen molar-refractivity contribution in [3.63, 3.8) is 0 Å². The molecule has 2 unspecified atom stereocenters. The second kappa shape index (κ2) is 25.5. The smallest absolute Gasteiger partial charge is 0.00931 e. The third-order valence-electron chi connectivity index (χ3n) is 8.31. The third-order valence-corrected chi connectivity index (χ3v) is 8.31. The first-order valence-electron chi connectivity index (χ1n) is 18.2. The summed E-state index contributed by atoms with van der Waals surface area (Å²) in [7, 11) is 0. The molecule has 0 aliphatic heterocycles. The number of rotatable bonds is 18. The minimum atomic E-state index is 0.350. The zero-order chi connectivity index (χ0) is 33.6. The number of hydrogen-bond donors (Lipinski definition) is 0. The van der Waals surface area contributed by atoms with Crippen molar-refractivity contribution in [1.29, 1.82) is 0 Å².